The molecule has 1 aromatic carbocycles. The SMILES string of the molecule is C[C@]12C=CC3=CC4=C(CC(C(=O)O)CC4=O)O[C@H]3[C@@H]1CC(=O)[C@@H]2c1ccc2cnccc2c1. The number of carbonyl (C=O) groups excluding carboxylic acids is 2. The number of pyridine rings is 1. The Kier molecular flexibility index (Phi) is 4.25. The van der Waals surface area contributed by atoms with Crippen LogP contribution in [0.4, 0.5) is 0 Å². The molecule has 0 amide bonds. The molecule has 0 radical (unpaired) electrons. The maximum atomic E-state index is 13.4. The lowest BCUT2D eigenvalue weighted by Gasteiger charge is -2.44. The van der Waals surface area contributed by atoms with Gasteiger partial charge in [0.1, 0.15) is 17.6 Å². The summed E-state index contributed by atoms with van der Waals surface area (Å²) in [6, 6.07) is 8.05. The molecule has 0 spiro atoms. The van der Waals surface area contributed by atoms with Gasteiger partial charge in [-0.15, -0.1) is 0 Å². The molecule has 0 saturated heterocycles. The van der Waals surface area contributed by atoms with Crippen molar-refractivity contribution in [3.05, 3.63) is 77.4 Å². The van der Waals surface area contributed by atoms with Crippen LogP contribution in [0.15, 0.2) is 71.8 Å². The van der Waals surface area contributed by atoms with Crippen LogP contribution in [0.25, 0.3) is 10.8 Å². The molecule has 2 aromatic rings. The number of carboxylic acids is 1. The van der Waals surface area contributed by atoms with E-state index in [1.165, 1.54) is 0 Å². The van der Waals surface area contributed by atoms with Gasteiger partial charge < -0.3 is 9.84 Å². The number of carbonyl (C=O) groups is 3. The van der Waals surface area contributed by atoms with Gasteiger partial charge in [-0.2, -0.15) is 0 Å². The first-order chi connectivity index (χ1) is 15.8. The van der Waals surface area contributed by atoms with Crippen LogP contribution in [0.2, 0.25) is 0 Å². The van der Waals surface area contributed by atoms with Gasteiger partial charge in [-0.3, -0.25) is 19.4 Å². The summed E-state index contributed by atoms with van der Waals surface area (Å²) in [4.78, 5) is 41.6. The summed E-state index contributed by atoms with van der Waals surface area (Å²) in [5.74, 6) is -1.69. The fourth-order valence-corrected chi connectivity index (χ4v) is 6.14. The molecular formula is C27H23NO5. The van der Waals surface area contributed by atoms with Crippen LogP contribution in [0.3, 0.4) is 0 Å². The van der Waals surface area contributed by atoms with Gasteiger partial charge in [-0.05, 0) is 28.7 Å². The van der Waals surface area contributed by atoms with Crippen molar-refractivity contribution >= 4 is 28.3 Å². The second-order valence-electron chi connectivity index (χ2n) is 9.78. The lowest BCUT2D eigenvalue weighted by Crippen LogP contribution is -2.41. The first-order valence-electron chi connectivity index (χ1n) is 11.3. The zero-order chi connectivity index (χ0) is 22.9. The Morgan fingerprint density at radius 3 is 2.82 bits per heavy atom. The van der Waals surface area contributed by atoms with Crippen molar-refractivity contribution in [2.24, 2.45) is 17.3 Å². The summed E-state index contributed by atoms with van der Waals surface area (Å²) >= 11 is 0. The van der Waals surface area contributed by atoms with Crippen molar-refractivity contribution in [2.45, 2.75) is 38.2 Å². The van der Waals surface area contributed by atoms with E-state index in [4.69, 9.17) is 4.74 Å². The third-order valence-electron chi connectivity index (χ3n) is 7.88. The Hall–Kier alpha value is -3.54. The summed E-state index contributed by atoms with van der Waals surface area (Å²) in [6.07, 6.45) is 9.72. The quantitative estimate of drug-likeness (QED) is 0.753. The van der Waals surface area contributed by atoms with Gasteiger partial charge in [0.05, 0.1) is 17.4 Å². The number of benzene rings is 1. The Morgan fingerprint density at radius 2 is 2.00 bits per heavy atom. The summed E-state index contributed by atoms with van der Waals surface area (Å²) in [7, 11) is 0. The second kappa shape index (κ2) is 6.98. The molecule has 1 saturated carbocycles. The fraction of sp³-hybridized carbons (Fsp3) is 0.333. The Labute approximate surface area is 190 Å². The van der Waals surface area contributed by atoms with Gasteiger partial charge in [0, 0.05) is 48.4 Å². The largest absolute Gasteiger partial charge is 0.489 e. The van der Waals surface area contributed by atoms with E-state index in [-0.39, 0.29) is 42.3 Å². The highest BCUT2D eigenvalue weighted by molar-refractivity contribution is 6.02. The number of aliphatic carboxylic acids is 1. The van der Waals surface area contributed by atoms with E-state index in [0.717, 1.165) is 21.9 Å². The van der Waals surface area contributed by atoms with Crippen molar-refractivity contribution in [3.63, 3.8) is 0 Å². The Balaban J connectivity index is 1.38. The third kappa shape index (κ3) is 2.93. The van der Waals surface area contributed by atoms with Crippen LogP contribution in [-0.2, 0) is 19.1 Å². The van der Waals surface area contributed by atoms with Crippen LogP contribution in [0.5, 0.6) is 0 Å². The maximum absolute atomic E-state index is 13.4. The normalized spacial score (nSPS) is 32.7. The molecule has 5 atom stereocenters. The zero-order valence-corrected chi connectivity index (χ0v) is 18.2. The molecule has 1 aromatic heterocycles. The van der Waals surface area contributed by atoms with Crippen LogP contribution < -0.4 is 0 Å². The van der Waals surface area contributed by atoms with Gasteiger partial charge in [0.25, 0.3) is 0 Å². The second-order valence-corrected chi connectivity index (χ2v) is 9.78. The van der Waals surface area contributed by atoms with Crippen LogP contribution >= 0.6 is 0 Å². The van der Waals surface area contributed by atoms with E-state index in [9.17, 15) is 19.5 Å². The molecule has 2 heterocycles. The van der Waals surface area contributed by atoms with E-state index in [1.54, 1.807) is 6.20 Å². The first-order valence-corrected chi connectivity index (χ1v) is 11.3. The van der Waals surface area contributed by atoms with E-state index < -0.39 is 17.3 Å². The lowest BCUT2D eigenvalue weighted by atomic mass is 9.64. The van der Waals surface area contributed by atoms with Crippen molar-refractivity contribution in [1.82, 2.24) is 4.98 Å². The van der Waals surface area contributed by atoms with Gasteiger partial charge >= 0.3 is 5.97 Å². The van der Waals surface area contributed by atoms with E-state index >= 15 is 0 Å². The molecule has 6 rings (SSSR count). The molecule has 6 heteroatoms. The topological polar surface area (TPSA) is 93.6 Å². The number of aromatic nitrogens is 1. The summed E-state index contributed by atoms with van der Waals surface area (Å²) in [5.41, 5.74) is 1.91. The highest BCUT2D eigenvalue weighted by atomic mass is 16.5. The van der Waals surface area contributed by atoms with Crippen LogP contribution in [0, 0.1) is 17.3 Å². The predicted molar refractivity (Wildman–Crippen MR) is 120 cm³/mol. The number of hydrogen-bond acceptors (Lipinski definition) is 5. The molecule has 1 fully saturated rings. The van der Waals surface area contributed by atoms with E-state index in [1.807, 2.05) is 36.5 Å². The summed E-state index contributed by atoms with van der Waals surface area (Å²) in [5, 5.41) is 11.5. The average Bonchev–Trinajstić information content (AvgIpc) is 3.08. The minimum Gasteiger partial charge on any atom is -0.489 e. The number of fused-ring (bicyclic) bond motifs is 4. The molecule has 1 unspecified atom stereocenters. The lowest BCUT2D eigenvalue weighted by molar-refractivity contribution is -0.144. The van der Waals surface area contributed by atoms with Crippen LogP contribution in [-0.4, -0.2) is 33.7 Å². The number of allylic oxidation sites excluding steroid dienone is 4. The highest BCUT2D eigenvalue weighted by Crippen LogP contribution is 2.58. The predicted octanol–water partition coefficient (Wildman–Crippen LogP) is 4.13. The van der Waals surface area contributed by atoms with E-state index in [2.05, 4.69) is 24.1 Å². The number of rotatable bonds is 2. The van der Waals surface area contributed by atoms with Crippen molar-refractivity contribution < 1.29 is 24.2 Å². The molecule has 1 aliphatic heterocycles. The molecule has 1 N–H and O–H groups in total. The van der Waals surface area contributed by atoms with E-state index in [0.29, 0.717) is 17.8 Å². The number of nitrogens with zero attached hydrogens (tertiary/aromatic N) is 1. The van der Waals surface area contributed by atoms with Gasteiger partial charge in [0.2, 0.25) is 0 Å². The Bertz CT molecular complexity index is 1340. The summed E-state index contributed by atoms with van der Waals surface area (Å²) in [6.45, 7) is 2.11. The number of hydrogen-bond donors (Lipinski definition) is 1. The maximum Gasteiger partial charge on any atom is 0.307 e. The molecule has 3 aliphatic carbocycles. The zero-order valence-electron chi connectivity index (χ0n) is 18.2. The Morgan fingerprint density at radius 1 is 1.15 bits per heavy atom. The molecule has 4 aliphatic rings. The molecule has 33 heavy (non-hydrogen) atoms. The van der Waals surface area contributed by atoms with Gasteiger partial charge in [-0.1, -0.05) is 37.3 Å². The monoisotopic (exact) mass is 441 g/mol. The highest BCUT2D eigenvalue weighted by Gasteiger charge is 2.57. The number of ether oxygens (including phenoxy) is 1. The van der Waals surface area contributed by atoms with Crippen molar-refractivity contribution in [3.8, 4) is 0 Å². The summed E-state index contributed by atoms with van der Waals surface area (Å²) < 4.78 is 6.34. The van der Waals surface area contributed by atoms with Crippen LogP contribution in [0.1, 0.15) is 37.7 Å². The molecule has 166 valence electrons. The standard InChI is InChI=1S/C27H23NO5/c1-27-6-4-16-9-19-21(29)10-18(26(31)32)11-23(19)33-25(16)20(27)12-22(30)24(27)15-2-3-17-13-28-7-5-14(17)8-15/h2-9,13,18,20,24-25H,10-12H2,1H3,(H,31,32)/t18?,20-,24-,25+,27-/m0/s1. The van der Waals surface area contributed by atoms with Gasteiger partial charge in [0.15, 0.2) is 5.78 Å². The fourth-order valence-electron chi connectivity index (χ4n) is 6.14. The first kappa shape index (κ1) is 20.1. The molecule has 0 bridgehead atoms. The minimum atomic E-state index is -0.982. The molecular weight excluding hydrogens is 418 g/mol. The molecule has 6 nitrogen and oxygen atoms in total. The third-order valence-corrected chi connectivity index (χ3v) is 7.88. The number of Topliss-reactive ketones (excluding diaryl/α,β-unsaturated/α-hetero) is 2. The number of carboxylic acid groups (broad SMARTS) is 1. The van der Waals surface area contributed by atoms with Crippen molar-refractivity contribution in [2.75, 3.05) is 0 Å². The van der Waals surface area contributed by atoms with Crippen molar-refractivity contribution in [1.29, 1.82) is 0 Å². The smallest absolute Gasteiger partial charge is 0.307 e. The number of ketones is 2. The average molecular weight is 441 g/mol. The van der Waals surface area contributed by atoms with Gasteiger partial charge in [-0.25, -0.2) is 0 Å². The minimum absolute atomic E-state index is 0.00508.